The van der Waals surface area contributed by atoms with E-state index < -0.39 is 0 Å². The van der Waals surface area contributed by atoms with Gasteiger partial charge in [-0.3, -0.25) is 4.98 Å². The van der Waals surface area contributed by atoms with E-state index in [1.165, 1.54) is 0 Å². The van der Waals surface area contributed by atoms with Gasteiger partial charge >= 0.3 is 0 Å². The summed E-state index contributed by atoms with van der Waals surface area (Å²) in [6.45, 7) is 1.77. The standard InChI is InChI=1S/C21H21ClN2O2/c1-25-20-10-4-8-17(14-24-13-16-6-5-11-23-12-16)21(20)26-15-18-7-2-3-9-19(18)22/h2-12,24H,13-15H2,1H3. The molecule has 5 heteroatoms. The van der Waals surface area contributed by atoms with Crippen LogP contribution in [-0.4, -0.2) is 12.1 Å². The van der Waals surface area contributed by atoms with Crippen LogP contribution in [0.25, 0.3) is 0 Å². The van der Waals surface area contributed by atoms with Crippen molar-refractivity contribution < 1.29 is 9.47 Å². The first-order valence-electron chi connectivity index (χ1n) is 8.39. The van der Waals surface area contributed by atoms with Crippen LogP contribution in [0.4, 0.5) is 0 Å². The molecule has 0 amide bonds. The van der Waals surface area contributed by atoms with Crippen molar-refractivity contribution in [3.8, 4) is 11.5 Å². The first kappa shape index (κ1) is 18.2. The van der Waals surface area contributed by atoms with Crippen LogP contribution >= 0.6 is 11.6 Å². The van der Waals surface area contributed by atoms with Gasteiger partial charge in [-0.1, -0.05) is 48.0 Å². The Labute approximate surface area is 158 Å². The Morgan fingerprint density at radius 2 is 1.81 bits per heavy atom. The second-order valence-electron chi connectivity index (χ2n) is 5.79. The molecule has 1 aromatic heterocycles. The summed E-state index contributed by atoms with van der Waals surface area (Å²) in [4.78, 5) is 4.13. The topological polar surface area (TPSA) is 43.4 Å². The molecule has 0 spiro atoms. The van der Waals surface area contributed by atoms with Crippen LogP contribution in [-0.2, 0) is 19.7 Å². The van der Waals surface area contributed by atoms with Gasteiger partial charge in [0.05, 0.1) is 7.11 Å². The molecule has 3 aromatic rings. The molecule has 2 aromatic carbocycles. The maximum atomic E-state index is 6.23. The van der Waals surface area contributed by atoms with E-state index in [9.17, 15) is 0 Å². The van der Waals surface area contributed by atoms with Gasteiger partial charge in [-0.05, 0) is 23.8 Å². The Morgan fingerprint density at radius 1 is 0.962 bits per heavy atom. The highest BCUT2D eigenvalue weighted by atomic mass is 35.5. The molecule has 0 aliphatic heterocycles. The number of hydrogen-bond donors (Lipinski definition) is 1. The van der Waals surface area contributed by atoms with Crippen molar-refractivity contribution in [3.05, 3.63) is 88.7 Å². The molecule has 0 bridgehead atoms. The summed E-state index contributed by atoms with van der Waals surface area (Å²) in [5.74, 6) is 1.44. The number of nitrogens with zero attached hydrogens (tertiary/aromatic N) is 1. The summed E-state index contributed by atoms with van der Waals surface area (Å²) in [7, 11) is 1.64. The zero-order valence-corrected chi connectivity index (χ0v) is 15.4. The van der Waals surface area contributed by atoms with Crippen LogP contribution in [0, 0.1) is 0 Å². The van der Waals surface area contributed by atoms with E-state index in [1.807, 2.05) is 60.8 Å². The number of aromatic nitrogens is 1. The van der Waals surface area contributed by atoms with Gasteiger partial charge in [0.15, 0.2) is 11.5 Å². The van der Waals surface area contributed by atoms with E-state index in [2.05, 4.69) is 10.3 Å². The monoisotopic (exact) mass is 368 g/mol. The molecule has 0 aliphatic carbocycles. The molecule has 0 unspecified atom stereocenters. The fraction of sp³-hybridized carbons (Fsp3) is 0.190. The third-order valence-corrected chi connectivity index (χ3v) is 4.35. The zero-order valence-electron chi connectivity index (χ0n) is 14.6. The molecule has 0 aliphatic rings. The lowest BCUT2D eigenvalue weighted by atomic mass is 10.1. The Hall–Kier alpha value is -2.56. The first-order chi connectivity index (χ1) is 12.8. The van der Waals surface area contributed by atoms with Gasteiger partial charge in [0, 0.05) is 41.6 Å². The Bertz CT molecular complexity index is 840. The summed E-state index contributed by atoms with van der Waals surface area (Å²) in [6, 6.07) is 17.5. The number of ether oxygens (including phenoxy) is 2. The van der Waals surface area contributed by atoms with Gasteiger partial charge in [-0.15, -0.1) is 0 Å². The number of benzene rings is 2. The molecule has 3 rings (SSSR count). The van der Waals surface area contributed by atoms with Gasteiger partial charge in [0.2, 0.25) is 0 Å². The van der Waals surface area contributed by atoms with Crippen molar-refractivity contribution >= 4 is 11.6 Å². The van der Waals surface area contributed by atoms with Gasteiger partial charge in [-0.2, -0.15) is 0 Å². The third-order valence-electron chi connectivity index (χ3n) is 3.98. The fourth-order valence-corrected chi connectivity index (χ4v) is 2.82. The zero-order chi connectivity index (χ0) is 18.2. The molecular weight excluding hydrogens is 348 g/mol. The van der Waals surface area contributed by atoms with Crippen LogP contribution in [0.3, 0.4) is 0 Å². The fourth-order valence-electron chi connectivity index (χ4n) is 2.63. The van der Waals surface area contributed by atoms with Gasteiger partial charge in [-0.25, -0.2) is 0 Å². The normalized spacial score (nSPS) is 10.5. The molecule has 26 heavy (non-hydrogen) atoms. The number of methoxy groups -OCH3 is 1. The highest BCUT2D eigenvalue weighted by Crippen LogP contribution is 2.32. The lowest BCUT2D eigenvalue weighted by molar-refractivity contribution is 0.280. The van der Waals surface area contributed by atoms with Gasteiger partial charge < -0.3 is 14.8 Å². The van der Waals surface area contributed by atoms with Crippen LogP contribution in [0.1, 0.15) is 16.7 Å². The molecule has 0 atom stereocenters. The molecule has 4 nitrogen and oxygen atoms in total. The van der Waals surface area contributed by atoms with Gasteiger partial charge in [0.25, 0.3) is 0 Å². The highest BCUT2D eigenvalue weighted by molar-refractivity contribution is 6.31. The Balaban J connectivity index is 1.70. The van der Waals surface area contributed by atoms with E-state index in [4.69, 9.17) is 21.1 Å². The van der Waals surface area contributed by atoms with Crippen molar-refractivity contribution in [2.24, 2.45) is 0 Å². The molecule has 1 N–H and O–H groups in total. The maximum absolute atomic E-state index is 6.23. The molecule has 0 fully saturated rings. The summed E-state index contributed by atoms with van der Waals surface area (Å²) in [5.41, 5.74) is 3.10. The third kappa shape index (κ3) is 4.75. The highest BCUT2D eigenvalue weighted by Gasteiger charge is 2.11. The van der Waals surface area contributed by atoms with E-state index in [-0.39, 0.29) is 0 Å². The minimum Gasteiger partial charge on any atom is -0.493 e. The molecular formula is C21H21ClN2O2. The maximum Gasteiger partial charge on any atom is 0.166 e. The number of para-hydroxylation sites is 1. The first-order valence-corrected chi connectivity index (χ1v) is 8.77. The summed E-state index contributed by atoms with van der Waals surface area (Å²) in [6.07, 6.45) is 3.62. The Morgan fingerprint density at radius 3 is 2.58 bits per heavy atom. The average Bonchev–Trinajstić information content (AvgIpc) is 2.68. The van der Waals surface area contributed by atoms with Crippen molar-refractivity contribution in [3.63, 3.8) is 0 Å². The number of nitrogens with one attached hydrogen (secondary N) is 1. The summed E-state index contributed by atoms with van der Waals surface area (Å²) >= 11 is 6.23. The lowest BCUT2D eigenvalue weighted by Crippen LogP contribution is -2.14. The molecule has 0 radical (unpaired) electrons. The van der Waals surface area contributed by atoms with Crippen LogP contribution < -0.4 is 14.8 Å². The Kier molecular flexibility index (Phi) is 6.47. The second kappa shape index (κ2) is 9.22. The van der Waals surface area contributed by atoms with E-state index >= 15 is 0 Å². The molecule has 1 heterocycles. The van der Waals surface area contributed by atoms with E-state index in [1.54, 1.807) is 13.3 Å². The van der Waals surface area contributed by atoms with Crippen molar-refractivity contribution in [2.75, 3.05) is 7.11 Å². The van der Waals surface area contributed by atoms with Crippen LogP contribution in [0.5, 0.6) is 11.5 Å². The minimum atomic E-state index is 0.385. The van der Waals surface area contributed by atoms with E-state index in [0.29, 0.717) is 23.9 Å². The largest absolute Gasteiger partial charge is 0.493 e. The number of rotatable bonds is 8. The van der Waals surface area contributed by atoms with Crippen LogP contribution in [0.15, 0.2) is 67.0 Å². The average molecular weight is 369 g/mol. The molecule has 0 saturated carbocycles. The lowest BCUT2D eigenvalue weighted by Gasteiger charge is -2.16. The predicted molar refractivity (Wildman–Crippen MR) is 104 cm³/mol. The predicted octanol–water partition coefficient (Wildman–Crippen LogP) is 4.61. The summed E-state index contributed by atoms with van der Waals surface area (Å²) in [5, 5.41) is 4.11. The number of pyridine rings is 1. The second-order valence-corrected chi connectivity index (χ2v) is 6.20. The smallest absolute Gasteiger partial charge is 0.166 e. The van der Waals surface area contributed by atoms with Gasteiger partial charge in [0.1, 0.15) is 6.61 Å². The van der Waals surface area contributed by atoms with Crippen LogP contribution in [0.2, 0.25) is 5.02 Å². The van der Waals surface area contributed by atoms with E-state index in [0.717, 1.165) is 29.0 Å². The quantitative estimate of drug-likeness (QED) is 0.630. The minimum absolute atomic E-state index is 0.385. The van der Waals surface area contributed by atoms with Crippen molar-refractivity contribution in [2.45, 2.75) is 19.7 Å². The molecule has 134 valence electrons. The molecule has 0 saturated heterocycles. The van der Waals surface area contributed by atoms with Crippen molar-refractivity contribution in [1.82, 2.24) is 10.3 Å². The SMILES string of the molecule is COc1cccc(CNCc2cccnc2)c1OCc1ccccc1Cl. The van der Waals surface area contributed by atoms with Crippen molar-refractivity contribution in [1.29, 1.82) is 0 Å². The summed E-state index contributed by atoms with van der Waals surface area (Å²) < 4.78 is 11.5. The number of halogens is 1. The number of hydrogen-bond acceptors (Lipinski definition) is 4.